The molecule has 8 heteroatoms. The number of rotatable bonds is 5. The summed E-state index contributed by atoms with van der Waals surface area (Å²) >= 11 is 17.3. The van der Waals surface area contributed by atoms with Gasteiger partial charge in [0.15, 0.2) is 5.60 Å². The van der Waals surface area contributed by atoms with E-state index in [0.29, 0.717) is 0 Å². The number of halogens is 3. The standard InChI is InChI=1S/C16H16Cl3N2O3/c1-15(2,16(17,18)19)24-14(23)21-11(9-22)7-10-8-20-13-6-4-3-5-12(10)13/h3-6,8,11,20H,7H2,1-2H3,(H,21,23)/t11-/m0/s1. The number of alkyl carbamates (subject to hydrolysis) is 1. The molecule has 1 aromatic heterocycles. The number of para-hydroxylation sites is 1. The Hall–Kier alpha value is -1.43. The van der Waals surface area contributed by atoms with Crippen molar-refractivity contribution in [2.24, 2.45) is 0 Å². The Morgan fingerprint density at radius 2 is 2.00 bits per heavy atom. The maximum atomic E-state index is 12.0. The van der Waals surface area contributed by atoms with E-state index in [2.05, 4.69) is 10.3 Å². The number of amides is 1. The van der Waals surface area contributed by atoms with Crippen LogP contribution < -0.4 is 5.32 Å². The van der Waals surface area contributed by atoms with Crippen molar-refractivity contribution >= 4 is 58.1 Å². The summed E-state index contributed by atoms with van der Waals surface area (Å²) in [6.45, 7) is 2.91. The van der Waals surface area contributed by atoms with Gasteiger partial charge in [0.2, 0.25) is 10.1 Å². The second-order valence-electron chi connectivity index (χ2n) is 5.78. The highest BCUT2D eigenvalue weighted by atomic mass is 35.6. The Labute approximate surface area is 154 Å². The molecule has 5 nitrogen and oxygen atoms in total. The van der Waals surface area contributed by atoms with E-state index in [0.717, 1.165) is 16.5 Å². The second kappa shape index (κ2) is 7.21. The van der Waals surface area contributed by atoms with Gasteiger partial charge in [-0.2, -0.15) is 0 Å². The van der Waals surface area contributed by atoms with Gasteiger partial charge in [-0.3, -0.25) is 4.79 Å². The molecular formula is C16H16Cl3N2O3. The zero-order chi connectivity index (χ0) is 18.0. The molecule has 0 fully saturated rings. The van der Waals surface area contributed by atoms with E-state index in [4.69, 9.17) is 39.5 Å². The molecule has 0 saturated heterocycles. The van der Waals surface area contributed by atoms with Crippen molar-refractivity contribution in [2.45, 2.75) is 35.7 Å². The van der Waals surface area contributed by atoms with E-state index in [1.165, 1.54) is 13.8 Å². The molecule has 1 amide bonds. The Morgan fingerprint density at radius 1 is 1.33 bits per heavy atom. The van der Waals surface area contributed by atoms with Crippen LogP contribution in [0.3, 0.4) is 0 Å². The SMILES string of the molecule is CC(C)(OC(=O)N[C@H]([C]=O)Cc1c[nH]c2ccccc12)C(Cl)(Cl)Cl. The molecule has 24 heavy (non-hydrogen) atoms. The van der Waals surface area contributed by atoms with Crippen molar-refractivity contribution in [1.82, 2.24) is 10.3 Å². The van der Waals surface area contributed by atoms with Crippen molar-refractivity contribution in [1.29, 1.82) is 0 Å². The molecule has 0 saturated carbocycles. The highest BCUT2D eigenvalue weighted by molar-refractivity contribution is 6.68. The van der Waals surface area contributed by atoms with Crippen LogP contribution in [0.25, 0.3) is 10.9 Å². The molecule has 0 aliphatic carbocycles. The summed E-state index contributed by atoms with van der Waals surface area (Å²) in [6, 6.07) is 6.75. The minimum absolute atomic E-state index is 0.261. The third-order valence-corrected chi connectivity index (χ3v) is 4.93. The molecule has 0 aliphatic rings. The number of nitrogens with one attached hydrogen (secondary N) is 2. The molecule has 1 heterocycles. The van der Waals surface area contributed by atoms with Crippen LogP contribution in [0.1, 0.15) is 19.4 Å². The number of alkyl halides is 3. The van der Waals surface area contributed by atoms with Crippen molar-refractivity contribution in [3.05, 3.63) is 36.0 Å². The maximum absolute atomic E-state index is 12.0. The summed E-state index contributed by atoms with van der Waals surface area (Å²) in [5.41, 5.74) is 0.452. The van der Waals surface area contributed by atoms with E-state index in [1.807, 2.05) is 24.3 Å². The van der Waals surface area contributed by atoms with Crippen LogP contribution in [0.15, 0.2) is 30.5 Å². The van der Waals surface area contributed by atoms with Crippen molar-refractivity contribution in [3.8, 4) is 0 Å². The number of fused-ring (bicyclic) bond motifs is 1. The zero-order valence-electron chi connectivity index (χ0n) is 13.0. The zero-order valence-corrected chi connectivity index (χ0v) is 15.3. The minimum Gasteiger partial charge on any atom is -0.439 e. The number of benzene rings is 1. The lowest BCUT2D eigenvalue weighted by Gasteiger charge is -2.32. The Bertz CT molecular complexity index is 737. The second-order valence-corrected chi connectivity index (χ2v) is 8.06. The van der Waals surface area contributed by atoms with Gasteiger partial charge in [0, 0.05) is 23.5 Å². The third kappa shape index (κ3) is 4.35. The molecular weight excluding hydrogens is 375 g/mol. The Kier molecular flexibility index (Phi) is 5.68. The van der Waals surface area contributed by atoms with Crippen LogP contribution in [-0.2, 0) is 16.0 Å². The molecule has 129 valence electrons. The van der Waals surface area contributed by atoms with Crippen LogP contribution in [-0.4, -0.2) is 32.8 Å². The lowest BCUT2D eigenvalue weighted by atomic mass is 10.1. The number of aromatic amines is 1. The molecule has 0 spiro atoms. The first-order valence-electron chi connectivity index (χ1n) is 7.13. The highest BCUT2D eigenvalue weighted by Crippen LogP contribution is 2.40. The van der Waals surface area contributed by atoms with Gasteiger partial charge in [-0.25, -0.2) is 4.79 Å². The fraction of sp³-hybridized carbons (Fsp3) is 0.375. The summed E-state index contributed by atoms with van der Waals surface area (Å²) in [4.78, 5) is 26.3. The van der Waals surface area contributed by atoms with Gasteiger partial charge in [0.25, 0.3) is 0 Å². The van der Waals surface area contributed by atoms with Gasteiger partial charge < -0.3 is 15.0 Å². The van der Waals surface area contributed by atoms with Crippen LogP contribution in [0.5, 0.6) is 0 Å². The van der Waals surface area contributed by atoms with Crippen LogP contribution in [0.4, 0.5) is 4.79 Å². The molecule has 0 unspecified atom stereocenters. The summed E-state index contributed by atoms with van der Waals surface area (Å²) in [5.74, 6) is 0. The molecule has 2 N–H and O–H groups in total. The van der Waals surface area contributed by atoms with Crippen molar-refractivity contribution < 1.29 is 14.3 Å². The summed E-state index contributed by atoms with van der Waals surface area (Å²) in [5, 5.41) is 3.39. The Morgan fingerprint density at radius 3 is 2.62 bits per heavy atom. The fourth-order valence-electron chi connectivity index (χ4n) is 2.10. The fourth-order valence-corrected chi connectivity index (χ4v) is 2.22. The van der Waals surface area contributed by atoms with E-state index in [9.17, 15) is 9.59 Å². The lowest BCUT2D eigenvalue weighted by molar-refractivity contribution is 0.0408. The van der Waals surface area contributed by atoms with Crippen LogP contribution >= 0.6 is 34.8 Å². The van der Waals surface area contributed by atoms with E-state index < -0.39 is 21.5 Å². The predicted molar refractivity (Wildman–Crippen MR) is 95.5 cm³/mol. The van der Waals surface area contributed by atoms with Gasteiger partial charge in [-0.1, -0.05) is 53.0 Å². The van der Waals surface area contributed by atoms with Crippen LogP contribution in [0, 0.1) is 0 Å². The average molecular weight is 391 g/mol. The van der Waals surface area contributed by atoms with Gasteiger partial charge in [0.1, 0.15) is 6.04 Å². The Balaban J connectivity index is 2.04. The van der Waals surface area contributed by atoms with Gasteiger partial charge in [0.05, 0.1) is 0 Å². The van der Waals surface area contributed by atoms with E-state index in [1.54, 1.807) is 12.5 Å². The average Bonchev–Trinajstić information content (AvgIpc) is 2.88. The molecule has 0 bridgehead atoms. The first-order valence-corrected chi connectivity index (χ1v) is 8.26. The maximum Gasteiger partial charge on any atom is 0.408 e. The lowest BCUT2D eigenvalue weighted by Crippen LogP contribution is -2.47. The highest BCUT2D eigenvalue weighted by Gasteiger charge is 2.44. The van der Waals surface area contributed by atoms with E-state index >= 15 is 0 Å². The topological polar surface area (TPSA) is 71.2 Å². The monoisotopic (exact) mass is 389 g/mol. The third-order valence-electron chi connectivity index (χ3n) is 3.56. The van der Waals surface area contributed by atoms with Gasteiger partial charge in [-0.05, 0) is 25.5 Å². The summed E-state index contributed by atoms with van der Waals surface area (Å²) in [6.07, 6.45) is 2.97. The first-order chi connectivity index (χ1) is 11.1. The van der Waals surface area contributed by atoms with Gasteiger partial charge in [-0.15, -0.1) is 0 Å². The normalized spacial score (nSPS) is 13.5. The predicted octanol–water partition coefficient (Wildman–Crippen LogP) is 4.06. The molecule has 0 aliphatic heterocycles. The smallest absolute Gasteiger partial charge is 0.408 e. The number of carbonyl (C=O) groups is 1. The van der Waals surface area contributed by atoms with Crippen molar-refractivity contribution in [3.63, 3.8) is 0 Å². The van der Waals surface area contributed by atoms with Crippen LogP contribution in [0.2, 0.25) is 0 Å². The number of H-pyrrole nitrogens is 1. The summed E-state index contributed by atoms with van der Waals surface area (Å²) in [7, 11) is 0. The molecule has 2 rings (SSSR count). The number of hydrogen-bond donors (Lipinski definition) is 2. The molecule has 1 aromatic carbocycles. The number of ether oxygens (including phenoxy) is 1. The largest absolute Gasteiger partial charge is 0.439 e. The quantitative estimate of drug-likeness (QED) is 0.756. The summed E-state index contributed by atoms with van der Waals surface area (Å²) < 4.78 is 3.30. The molecule has 2 aromatic rings. The molecule has 1 radical (unpaired) electrons. The van der Waals surface area contributed by atoms with Crippen molar-refractivity contribution in [2.75, 3.05) is 0 Å². The van der Waals surface area contributed by atoms with Gasteiger partial charge >= 0.3 is 6.09 Å². The number of hydrogen-bond acceptors (Lipinski definition) is 3. The molecule has 1 atom stereocenters. The number of aromatic nitrogens is 1. The van der Waals surface area contributed by atoms with E-state index in [-0.39, 0.29) is 6.42 Å². The first kappa shape index (κ1) is 18.9. The number of carbonyl (C=O) groups excluding carboxylic acids is 2. The minimum atomic E-state index is -1.80.